The van der Waals surface area contributed by atoms with Gasteiger partial charge in [0.05, 0.1) is 0 Å². The van der Waals surface area contributed by atoms with E-state index < -0.39 is 0 Å². The molecule has 3 rings (SSSR count). The van der Waals surface area contributed by atoms with E-state index in [1.807, 2.05) is 0 Å². The average molecular weight is 364 g/mol. The maximum absolute atomic E-state index is 2.80. The Kier molecular flexibility index (Phi) is 6.12. The summed E-state index contributed by atoms with van der Waals surface area (Å²) < 4.78 is 0. The van der Waals surface area contributed by atoms with E-state index in [9.17, 15) is 0 Å². The molecule has 0 N–H and O–H groups in total. The molecule has 0 radical (unpaired) electrons. The lowest BCUT2D eigenvalue weighted by Crippen LogP contribution is -2.55. The summed E-state index contributed by atoms with van der Waals surface area (Å²) in [5, 5.41) is 0. The lowest BCUT2D eigenvalue weighted by Gasteiger charge is -2.51. The lowest BCUT2D eigenvalue weighted by atomic mass is 9.71. The summed E-state index contributed by atoms with van der Waals surface area (Å²) in [5.41, 5.74) is 1.31. The van der Waals surface area contributed by atoms with Gasteiger partial charge in [0.15, 0.2) is 0 Å². The summed E-state index contributed by atoms with van der Waals surface area (Å²) in [7, 11) is 0. The zero-order chi connectivity index (χ0) is 19.0. The predicted octanol–water partition coefficient (Wildman–Crippen LogP) is 4.47. The van der Waals surface area contributed by atoms with Crippen LogP contribution in [0.15, 0.2) is 0 Å². The molecule has 0 aliphatic carbocycles. The van der Waals surface area contributed by atoms with Crippen molar-refractivity contribution >= 4 is 0 Å². The fourth-order valence-electron chi connectivity index (χ4n) is 5.55. The first-order valence-electron chi connectivity index (χ1n) is 11.3. The van der Waals surface area contributed by atoms with Gasteiger partial charge >= 0.3 is 0 Å². The standard InChI is InChI=1S/C23H45N3/c1-21(2,3)25-14-8-20(9-15-25)18-24-16-11-23(12-17-24)10-7-13-26(19-23)22(4,5)6/h20H,7-19H2,1-6H3. The summed E-state index contributed by atoms with van der Waals surface area (Å²) in [6, 6.07) is 0. The lowest BCUT2D eigenvalue weighted by molar-refractivity contribution is -0.0181. The summed E-state index contributed by atoms with van der Waals surface area (Å²) in [5.74, 6) is 0.931. The van der Waals surface area contributed by atoms with Crippen LogP contribution in [0.1, 0.15) is 80.1 Å². The molecule has 0 bridgehead atoms. The smallest absolute Gasteiger partial charge is 0.0125 e. The topological polar surface area (TPSA) is 9.72 Å². The van der Waals surface area contributed by atoms with Gasteiger partial charge in [-0.3, -0.25) is 9.80 Å². The second-order valence-corrected chi connectivity index (χ2v) is 11.6. The number of rotatable bonds is 2. The zero-order valence-electron chi connectivity index (χ0n) is 18.6. The van der Waals surface area contributed by atoms with Crippen LogP contribution in [-0.4, -0.2) is 71.6 Å². The van der Waals surface area contributed by atoms with Gasteiger partial charge in [-0.15, -0.1) is 0 Å². The molecule has 0 aromatic rings. The SMILES string of the molecule is CC(C)(C)N1CCC(CN2CCC3(CCCN(C(C)(C)C)C3)CC2)CC1. The van der Waals surface area contributed by atoms with Crippen molar-refractivity contribution in [3.63, 3.8) is 0 Å². The van der Waals surface area contributed by atoms with Crippen molar-refractivity contribution in [2.45, 2.75) is 91.1 Å². The van der Waals surface area contributed by atoms with Gasteiger partial charge in [0.2, 0.25) is 0 Å². The number of hydrogen-bond acceptors (Lipinski definition) is 3. The molecule has 0 amide bonds. The molecule has 26 heavy (non-hydrogen) atoms. The van der Waals surface area contributed by atoms with E-state index >= 15 is 0 Å². The molecule has 0 saturated carbocycles. The van der Waals surface area contributed by atoms with Crippen molar-refractivity contribution in [1.29, 1.82) is 0 Å². The Morgan fingerprint density at radius 2 is 1.31 bits per heavy atom. The Hall–Kier alpha value is -0.120. The minimum Gasteiger partial charge on any atom is -0.303 e. The molecule has 3 saturated heterocycles. The van der Waals surface area contributed by atoms with Crippen molar-refractivity contribution in [1.82, 2.24) is 14.7 Å². The number of likely N-dealkylation sites (tertiary alicyclic amines) is 3. The third-order valence-corrected chi connectivity index (χ3v) is 7.61. The Balaban J connectivity index is 1.44. The first-order valence-corrected chi connectivity index (χ1v) is 11.3. The van der Waals surface area contributed by atoms with Gasteiger partial charge in [-0.25, -0.2) is 0 Å². The van der Waals surface area contributed by atoms with Crippen molar-refractivity contribution in [3.8, 4) is 0 Å². The summed E-state index contributed by atoms with van der Waals surface area (Å²) >= 11 is 0. The maximum Gasteiger partial charge on any atom is 0.0125 e. The van der Waals surface area contributed by atoms with Crippen molar-refractivity contribution in [2.75, 3.05) is 45.8 Å². The van der Waals surface area contributed by atoms with Gasteiger partial charge in [-0.05, 0) is 124 Å². The molecule has 3 aliphatic rings. The predicted molar refractivity (Wildman–Crippen MR) is 113 cm³/mol. The fraction of sp³-hybridized carbons (Fsp3) is 1.00. The normalized spacial score (nSPS) is 27.9. The van der Waals surface area contributed by atoms with Crippen molar-refractivity contribution in [2.24, 2.45) is 11.3 Å². The number of hydrogen-bond donors (Lipinski definition) is 0. The molecule has 1 spiro atoms. The minimum absolute atomic E-state index is 0.339. The van der Waals surface area contributed by atoms with Crippen LogP contribution in [-0.2, 0) is 0 Å². The van der Waals surface area contributed by atoms with Crippen LogP contribution in [0.3, 0.4) is 0 Å². The highest BCUT2D eigenvalue weighted by Gasteiger charge is 2.41. The van der Waals surface area contributed by atoms with E-state index in [1.54, 1.807) is 0 Å². The highest BCUT2D eigenvalue weighted by molar-refractivity contribution is 4.95. The van der Waals surface area contributed by atoms with Crippen molar-refractivity contribution < 1.29 is 0 Å². The van der Waals surface area contributed by atoms with E-state index in [0.717, 1.165) is 5.92 Å². The Labute approximate surface area is 163 Å². The van der Waals surface area contributed by atoms with Crippen LogP contribution in [0, 0.1) is 11.3 Å². The molecule has 3 heterocycles. The van der Waals surface area contributed by atoms with Gasteiger partial charge in [0.1, 0.15) is 0 Å². The van der Waals surface area contributed by atoms with Crippen LogP contribution < -0.4 is 0 Å². The molecule has 3 fully saturated rings. The van der Waals surface area contributed by atoms with Gasteiger partial charge in [-0.1, -0.05) is 0 Å². The monoisotopic (exact) mass is 363 g/mol. The van der Waals surface area contributed by atoms with Gasteiger partial charge in [0.25, 0.3) is 0 Å². The van der Waals surface area contributed by atoms with Crippen LogP contribution in [0.5, 0.6) is 0 Å². The van der Waals surface area contributed by atoms with Crippen LogP contribution in [0.2, 0.25) is 0 Å². The molecule has 0 aromatic carbocycles. The van der Waals surface area contributed by atoms with E-state index in [2.05, 4.69) is 56.2 Å². The van der Waals surface area contributed by atoms with Crippen LogP contribution in [0.4, 0.5) is 0 Å². The number of nitrogens with zero attached hydrogens (tertiary/aromatic N) is 3. The maximum atomic E-state index is 2.80. The van der Waals surface area contributed by atoms with E-state index in [-0.39, 0.29) is 0 Å². The summed E-state index contributed by atoms with van der Waals surface area (Å²) in [6.45, 7) is 23.6. The van der Waals surface area contributed by atoms with Gasteiger partial charge in [-0.2, -0.15) is 0 Å². The molecule has 0 unspecified atom stereocenters. The van der Waals surface area contributed by atoms with Gasteiger partial charge < -0.3 is 4.90 Å². The third kappa shape index (κ3) is 5.02. The van der Waals surface area contributed by atoms with E-state index in [4.69, 9.17) is 0 Å². The van der Waals surface area contributed by atoms with Crippen molar-refractivity contribution in [3.05, 3.63) is 0 Å². The quantitative estimate of drug-likeness (QED) is 0.716. The zero-order valence-corrected chi connectivity index (χ0v) is 18.6. The molecular weight excluding hydrogens is 318 g/mol. The van der Waals surface area contributed by atoms with Crippen LogP contribution in [0.25, 0.3) is 0 Å². The number of piperidine rings is 3. The molecule has 152 valence electrons. The molecule has 3 nitrogen and oxygen atoms in total. The molecule has 3 aliphatic heterocycles. The first kappa shape index (κ1) is 20.6. The molecular formula is C23H45N3. The Bertz CT molecular complexity index is 443. The Morgan fingerprint density at radius 3 is 1.85 bits per heavy atom. The largest absolute Gasteiger partial charge is 0.303 e. The molecule has 0 aromatic heterocycles. The minimum atomic E-state index is 0.339. The second-order valence-electron chi connectivity index (χ2n) is 11.6. The van der Waals surface area contributed by atoms with E-state index in [1.165, 1.54) is 84.3 Å². The van der Waals surface area contributed by atoms with E-state index in [0.29, 0.717) is 16.5 Å². The third-order valence-electron chi connectivity index (χ3n) is 7.61. The second kappa shape index (κ2) is 7.72. The molecule has 3 heteroatoms. The van der Waals surface area contributed by atoms with Crippen LogP contribution >= 0.6 is 0 Å². The summed E-state index contributed by atoms with van der Waals surface area (Å²) in [4.78, 5) is 8.24. The highest BCUT2D eigenvalue weighted by atomic mass is 15.2. The first-order chi connectivity index (χ1) is 12.1. The summed E-state index contributed by atoms with van der Waals surface area (Å²) in [6.07, 6.45) is 8.54. The molecule has 0 atom stereocenters. The highest BCUT2D eigenvalue weighted by Crippen LogP contribution is 2.41. The fourth-order valence-corrected chi connectivity index (χ4v) is 5.55. The average Bonchev–Trinajstić information content (AvgIpc) is 2.56. The van der Waals surface area contributed by atoms with Gasteiger partial charge in [0, 0.05) is 24.2 Å². The Morgan fingerprint density at radius 1 is 0.731 bits per heavy atom.